The Morgan fingerprint density at radius 2 is 2.20 bits per heavy atom. The van der Waals surface area contributed by atoms with E-state index < -0.39 is 0 Å². The highest BCUT2D eigenvalue weighted by atomic mass is 32.1. The summed E-state index contributed by atoms with van der Waals surface area (Å²) in [6, 6.07) is 0.436. The van der Waals surface area contributed by atoms with Crippen LogP contribution in [0.4, 0.5) is 0 Å². The molecule has 0 aromatic carbocycles. The first kappa shape index (κ1) is 13.8. The van der Waals surface area contributed by atoms with Crippen LogP contribution in [0.2, 0.25) is 0 Å². The van der Waals surface area contributed by atoms with Gasteiger partial charge in [-0.3, -0.25) is 4.68 Å². The minimum absolute atomic E-state index is 0.436. The van der Waals surface area contributed by atoms with E-state index in [1.54, 1.807) is 0 Å². The molecule has 0 spiro atoms. The van der Waals surface area contributed by atoms with Gasteiger partial charge < -0.3 is 5.32 Å². The Hall–Kier alpha value is -1.20. The van der Waals surface area contributed by atoms with Crippen LogP contribution in [0.5, 0.6) is 0 Å². The molecule has 1 unspecified atom stereocenters. The van der Waals surface area contributed by atoms with Gasteiger partial charge in [0.1, 0.15) is 5.01 Å². The zero-order chi connectivity index (χ0) is 14.3. The minimum Gasteiger partial charge on any atom is -0.309 e. The third-order valence-corrected chi connectivity index (χ3v) is 5.28. The molecule has 5 heteroatoms. The second-order valence-corrected chi connectivity index (χ2v) is 6.58. The van der Waals surface area contributed by atoms with Gasteiger partial charge in [-0.1, -0.05) is 6.92 Å². The molecule has 0 aliphatic heterocycles. The van der Waals surface area contributed by atoms with Crippen molar-refractivity contribution in [1.29, 1.82) is 0 Å². The van der Waals surface area contributed by atoms with Crippen molar-refractivity contribution >= 4 is 11.3 Å². The van der Waals surface area contributed by atoms with Crippen molar-refractivity contribution in [2.24, 2.45) is 7.05 Å². The molecule has 0 amide bonds. The minimum atomic E-state index is 0.436. The monoisotopic (exact) mass is 290 g/mol. The summed E-state index contributed by atoms with van der Waals surface area (Å²) in [6.45, 7) is 7.36. The standard InChI is InChI=1S/C15H22N4S/c1-5-16-11-7-6-8-12-14(11)17-15(20-12)13-9(2)18-19(4)10(13)3/h11,16H,5-8H2,1-4H3. The Morgan fingerprint density at radius 3 is 2.85 bits per heavy atom. The molecule has 0 saturated carbocycles. The first-order valence-electron chi connectivity index (χ1n) is 7.35. The molecule has 0 saturated heterocycles. The molecule has 0 radical (unpaired) electrons. The highest BCUT2D eigenvalue weighted by Gasteiger charge is 2.26. The Bertz CT molecular complexity index is 626. The molecule has 2 heterocycles. The van der Waals surface area contributed by atoms with Gasteiger partial charge in [0.2, 0.25) is 0 Å². The summed E-state index contributed by atoms with van der Waals surface area (Å²) < 4.78 is 1.95. The van der Waals surface area contributed by atoms with Crippen LogP contribution in [0.1, 0.15) is 47.8 Å². The van der Waals surface area contributed by atoms with Gasteiger partial charge in [-0.2, -0.15) is 5.10 Å². The Labute approximate surface area is 124 Å². The molecule has 4 nitrogen and oxygen atoms in total. The van der Waals surface area contributed by atoms with Crippen molar-refractivity contribution in [3.63, 3.8) is 0 Å². The number of thiazole rings is 1. The summed E-state index contributed by atoms with van der Waals surface area (Å²) in [6.07, 6.45) is 3.64. The second kappa shape index (κ2) is 5.30. The van der Waals surface area contributed by atoms with Gasteiger partial charge in [-0.25, -0.2) is 4.98 Å². The van der Waals surface area contributed by atoms with Gasteiger partial charge in [-0.15, -0.1) is 11.3 Å². The van der Waals surface area contributed by atoms with E-state index in [-0.39, 0.29) is 0 Å². The molecule has 1 aliphatic rings. The van der Waals surface area contributed by atoms with Gasteiger partial charge >= 0.3 is 0 Å². The van der Waals surface area contributed by atoms with Crippen LogP contribution in [0.3, 0.4) is 0 Å². The number of fused-ring (bicyclic) bond motifs is 1. The van der Waals surface area contributed by atoms with E-state index in [0.29, 0.717) is 6.04 Å². The van der Waals surface area contributed by atoms with Crippen LogP contribution in [-0.4, -0.2) is 21.3 Å². The fraction of sp³-hybridized carbons (Fsp3) is 0.600. The number of nitrogens with one attached hydrogen (secondary N) is 1. The van der Waals surface area contributed by atoms with Gasteiger partial charge in [0.15, 0.2) is 0 Å². The smallest absolute Gasteiger partial charge is 0.127 e. The number of hydrogen-bond donors (Lipinski definition) is 1. The van der Waals surface area contributed by atoms with Crippen molar-refractivity contribution in [2.75, 3.05) is 6.54 Å². The van der Waals surface area contributed by atoms with Gasteiger partial charge in [0.05, 0.1) is 23.0 Å². The van der Waals surface area contributed by atoms with Gasteiger partial charge in [0, 0.05) is 17.6 Å². The molecule has 2 aromatic rings. The first-order chi connectivity index (χ1) is 9.61. The number of aryl methyl sites for hydroxylation is 3. The predicted molar refractivity (Wildman–Crippen MR) is 83.1 cm³/mol. The lowest BCUT2D eigenvalue weighted by Crippen LogP contribution is -2.24. The normalized spacial score (nSPS) is 18.3. The summed E-state index contributed by atoms with van der Waals surface area (Å²) in [5, 5.41) is 9.22. The van der Waals surface area contributed by atoms with Crippen molar-refractivity contribution < 1.29 is 0 Å². The molecule has 3 rings (SSSR count). The summed E-state index contributed by atoms with van der Waals surface area (Å²) >= 11 is 1.86. The maximum absolute atomic E-state index is 4.96. The number of nitrogens with zero attached hydrogens (tertiary/aromatic N) is 3. The average Bonchev–Trinajstić information content (AvgIpc) is 2.93. The second-order valence-electron chi connectivity index (χ2n) is 5.50. The number of rotatable bonds is 3. The van der Waals surface area contributed by atoms with E-state index in [1.165, 1.54) is 41.1 Å². The van der Waals surface area contributed by atoms with Crippen LogP contribution in [-0.2, 0) is 13.5 Å². The van der Waals surface area contributed by atoms with Crippen LogP contribution < -0.4 is 5.32 Å². The Kier molecular flexibility index (Phi) is 3.65. The molecule has 1 aliphatic carbocycles. The maximum Gasteiger partial charge on any atom is 0.127 e. The van der Waals surface area contributed by atoms with E-state index in [9.17, 15) is 0 Å². The quantitative estimate of drug-likeness (QED) is 0.944. The first-order valence-corrected chi connectivity index (χ1v) is 8.17. The van der Waals surface area contributed by atoms with E-state index in [0.717, 1.165) is 17.2 Å². The van der Waals surface area contributed by atoms with Crippen LogP contribution in [0, 0.1) is 13.8 Å². The summed E-state index contributed by atoms with van der Waals surface area (Å²) in [7, 11) is 2.00. The zero-order valence-electron chi connectivity index (χ0n) is 12.7. The molecule has 1 N–H and O–H groups in total. The van der Waals surface area contributed by atoms with Gasteiger partial charge in [0.25, 0.3) is 0 Å². The molecule has 20 heavy (non-hydrogen) atoms. The van der Waals surface area contributed by atoms with E-state index in [1.807, 2.05) is 23.1 Å². The Morgan fingerprint density at radius 1 is 1.40 bits per heavy atom. The maximum atomic E-state index is 4.96. The third-order valence-electron chi connectivity index (χ3n) is 4.13. The van der Waals surface area contributed by atoms with Crippen LogP contribution >= 0.6 is 11.3 Å². The lowest BCUT2D eigenvalue weighted by Gasteiger charge is -2.21. The zero-order valence-corrected chi connectivity index (χ0v) is 13.5. The number of aromatic nitrogens is 3. The van der Waals surface area contributed by atoms with E-state index >= 15 is 0 Å². The largest absolute Gasteiger partial charge is 0.309 e. The van der Waals surface area contributed by atoms with E-state index in [4.69, 9.17) is 4.98 Å². The van der Waals surface area contributed by atoms with E-state index in [2.05, 4.69) is 31.2 Å². The topological polar surface area (TPSA) is 42.7 Å². The van der Waals surface area contributed by atoms with Crippen molar-refractivity contribution in [3.8, 4) is 10.6 Å². The Balaban J connectivity index is 2.04. The lowest BCUT2D eigenvalue weighted by atomic mass is 9.97. The molecule has 2 aromatic heterocycles. The average molecular weight is 290 g/mol. The summed E-state index contributed by atoms with van der Waals surface area (Å²) in [4.78, 5) is 6.42. The fourth-order valence-corrected chi connectivity index (χ4v) is 4.37. The summed E-state index contributed by atoms with van der Waals surface area (Å²) in [5.74, 6) is 0. The highest BCUT2D eigenvalue weighted by Crippen LogP contribution is 2.38. The van der Waals surface area contributed by atoms with Crippen molar-refractivity contribution in [3.05, 3.63) is 22.0 Å². The van der Waals surface area contributed by atoms with Crippen LogP contribution in [0.25, 0.3) is 10.6 Å². The fourth-order valence-electron chi connectivity index (χ4n) is 3.05. The molecular weight excluding hydrogens is 268 g/mol. The molecule has 108 valence electrons. The summed E-state index contributed by atoms with van der Waals surface area (Å²) in [5.41, 5.74) is 4.78. The lowest BCUT2D eigenvalue weighted by molar-refractivity contribution is 0.465. The highest BCUT2D eigenvalue weighted by molar-refractivity contribution is 7.15. The molecule has 0 fully saturated rings. The predicted octanol–water partition coefficient (Wildman–Crippen LogP) is 3.15. The van der Waals surface area contributed by atoms with Crippen molar-refractivity contribution in [2.45, 2.75) is 46.1 Å². The molecular formula is C15H22N4S. The van der Waals surface area contributed by atoms with Gasteiger partial charge in [-0.05, 0) is 39.7 Å². The molecule has 0 bridgehead atoms. The third kappa shape index (κ3) is 2.19. The number of hydrogen-bond acceptors (Lipinski definition) is 4. The SMILES string of the molecule is CCNC1CCCc2sc(-c3c(C)nn(C)c3C)nc21. The van der Waals surface area contributed by atoms with Crippen molar-refractivity contribution in [1.82, 2.24) is 20.1 Å². The molecule has 1 atom stereocenters. The van der Waals surface area contributed by atoms with Crippen LogP contribution in [0.15, 0.2) is 0 Å².